The number of anilines is 1. The Balaban J connectivity index is 1.87. The van der Waals surface area contributed by atoms with Gasteiger partial charge >= 0.3 is 0 Å². The second-order valence-corrected chi connectivity index (χ2v) is 7.57. The maximum atomic E-state index is 12.9. The molecule has 140 valence electrons. The van der Waals surface area contributed by atoms with Gasteiger partial charge in [0.05, 0.1) is 6.04 Å². The zero-order valence-corrected chi connectivity index (χ0v) is 16.4. The molecule has 1 aromatic carbocycles. The zero-order valence-electron chi connectivity index (χ0n) is 16.4. The van der Waals surface area contributed by atoms with Crippen molar-refractivity contribution in [1.82, 2.24) is 4.90 Å². The van der Waals surface area contributed by atoms with Crippen LogP contribution in [0.2, 0.25) is 0 Å². The SMILES string of the molecule is CCCCCCCCN1CCCCC1C(=O)Nc1c(C)cccc1C. The van der Waals surface area contributed by atoms with E-state index in [9.17, 15) is 4.79 Å². The number of unbranched alkanes of at least 4 members (excludes halogenated alkanes) is 5. The number of hydrogen-bond acceptors (Lipinski definition) is 2. The molecular formula is C22H36N2O. The molecule has 0 spiro atoms. The lowest BCUT2D eigenvalue weighted by Gasteiger charge is -2.35. The van der Waals surface area contributed by atoms with Crippen molar-refractivity contribution in [2.24, 2.45) is 0 Å². The fourth-order valence-corrected chi connectivity index (χ4v) is 3.87. The summed E-state index contributed by atoms with van der Waals surface area (Å²) in [6.45, 7) is 8.53. The largest absolute Gasteiger partial charge is 0.324 e. The van der Waals surface area contributed by atoms with E-state index in [2.05, 4.69) is 43.1 Å². The first-order valence-corrected chi connectivity index (χ1v) is 10.2. The topological polar surface area (TPSA) is 32.3 Å². The van der Waals surface area contributed by atoms with Gasteiger partial charge in [-0.25, -0.2) is 0 Å². The van der Waals surface area contributed by atoms with Crippen molar-refractivity contribution >= 4 is 11.6 Å². The second kappa shape index (κ2) is 10.6. The minimum atomic E-state index is 0.0448. The van der Waals surface area contributed by atoms with Crippen molar-refractivity contribution < 1.29 is 4.79 Å². The quantitative estimate of drug-likeness (QED) is 0.604. The fraction of sp³-hybridized carbons (Fsp3) is 0.682. The van der Waals surface area contributed by atoms with Crippen LogP contribution >= 0.6 is 0 Å². The number of carbonyl (C=O) groups is 1. The first kappa shape index (κ1) is 20.0. The molecule has 1 fully saturated rings. The number of nitrogens with zero attached hydrogens (tertiary/aromatic N) is 1. The molecule has 1 aliphatic heterocycles. The molecule has 3 nitrogen and oxygen atoms in total. The molecule has 0 saturated carbocycles. The molecule has 1 amide bonds. The highest BCUT2D eigenvalue weighted by atomic mass is 16.2. The lowest BCUT2D eigenvalue weighted by molar-refractivity contribution is -0.122. The highest BCUT2D eigenvalue weighted by Crippen LogP contribution is 2.23. The van der Waals surface area contributed by atoms with Crippen LogP contribution in [-0.2, 0) is 4.79 Å². The van der Waals surface area contributed by atoms with Crippen LogP contribution in [0, 0.1) is 13.8 Å². The van der Waals surface area contributed by atoms with Crippen LogP contribution in [0.1, 0.15) is 75.8 Å². The summed E-state index contributed by atoms with van der Waals surface area (Å²) in [6, 6.07) is 6.23. The van der Waals surface area contributed by atoms with Gasteiger partial charge in [0.1, 0.15) is 0 Å². The van der Waals surface area contributed by atoms with Crippen LogP contribution in [-0.4, -0.2) is 29.9 Å². The van der Waals surface area contributed by atoms with E-state index in [1.807, 2.05) is 6.07 Å². The predicted molar refractivity (Wildman–Crippen MR) is 107 cm³/mol. The third kappa shape index (κ3) is 6.14. The van der Waals surface area contributed by atoms with E-state index in [-0.39, 0.29) is 11.9 Å². The number of para-hydroxylation sites is 1. The second-order valence-electron chi connectivity index (χ2n) is 7.57. The van der Waals surface area contributed by atoms with E-state index in [1.54, 1.807) is 0 Å². The third-order valence-corrected chi connectivity index (χ3v) is 5.44. The molecular weight excluding hydrogens is 308 g/mol. The van der Waals surface area contributed by atoms with Gasteiger partial charge in [0.15, 0.2) is 0 Å². The smallest absolute Gasteiger partial charge is 0.241 e. The number of carbonyl (C=O) groups excluding carboxylic acids is 1. The van der Waals surface area contributed by atoms with E-state index in [4.69, 9.17) is 0 Å². The summed E-state index contributed by atoms with van der Waals surface area (Å²) >= 11 is 0. The van der Waals surface area contributed by atoms with E-state index in [1.165, 1.54) is 44.9 Å². The summed E-state index contributed by atoms with van der Waals surface area (Å²) in [5, 5.41) is 3.22. The molecule has 1 aliphatic rings. The Morgan fingerprint density at radius 1 is 1.08 bits per heavy atom. The lowest BCUT2D eigenvalue weighted by Crippen LogP contribution is -2.47. The van der Waals surface area contributed by atoms with E-state index >= 15 is 0 Å². The molecule has 1 heterocycles. The van der Waals surface area contributed by atoms with E-state index in [0.717, 1.165) is 42.7 Å². The minimum absolute atomic E-state index is 0.0448. The Morgan fingerprint density at radius 2 is 1.76 bits per heavy atom. The van der Waals surface area contributed by atoms with Crippen LogP contribution in [0.25, 0.3) is 0 Å². The van der Waals surface area contributed by atoms with Crippen molar-refractivity contribution in [3.05, 3.63) is 29.3 Å². The summed E-state index contributed by atoms with van der Waals surface area (Å²) in [6.07, 6.45) is 11.2. The van der Waals surface area contributed by atoms with Gasteiger partial charge in [-0.2, -0.15) is 0 Å². The normalized spacial score (nSPS) is 18.3. The molecule has 0 aromatic heterocycles. The first-order chi connectivity index (χ1) is 12.1. The van der Waals surface area contributed by atoms with Crippen LogP contribution in [0.3, 0.4) is 0 Å². The number of aryl methyl sites for hydroxylation is 2. The Labute approximate surface area is 154 Å². The highest BCUT2D eigenvalue weighted by Gasteiger charge is 2.28. The maximum Gasteiger partial charge on any atom is 0.241 e. The predicted octanol–water partition coefficient (Wildman–Crippen LogP) is 5.46. The van der Waals surface area contributed by atoms with Crippen molar-refractivity contribution in [1.29, 1.82) is 0 Å². The van der Waals surface area contributed by atoms with Gasteiger partial charge in [0.25, 0.3) is 0 Å². The molecule has 1 atom stereocenters. The van der Waals surface area contributed by atoms with Gasteiger partial charge < -0.3 is 5.32 Å². The van der Waals surface area contributed by atoms with Gasteiger partial charge in [-0.15, -0.1) is 0 Å². The Bertz CT molecular complexity index is 521. The number of hydrogen-bond donors (Lipinski definition) is 1. The Morgan fingerprint density at radius 3 is 2.48 bits per heavy atom. The van der Waals surface area contributed by atoms with E-state index in [0.29, 0.717) is 0 Å². The lowest BCUT2D eigenvalue weighted by atomic mass is 10.00. The Kier molecular flexibility index (Phi) is 8.47. The first-order valence-electron chi connectivity index (χ1n) is 10.2. The molecule has 3 heteroatoms. The van der Waals surface area contributed by atoms with Crippen molar-refractivity contribution in [2.75, 3.05) is 18.4 Å². The van der Waals surface area contributed by atoms with Gasteiger partial charge in [0.2, 0.25) is 5.91 Å². The van der Waals surface area contributed by atoms with Crippen molar-refractivity contribution in [3.8, 4) is 0 Å². The molecule has 1 saturated heterocycles. The number of benzene rings is 1. The maximum absolute atomic E-state index is 12.9. The van der Waals surface area contributed by atoms with Crippen LogP contribution < -0.4 is 5.32 Å². The molecule has 1 N–H and O–H groups in total. The van der Waals surface area contributed by atoms with E-state index < -0.39 is 0 Å². The standard InChI is InChI=1S/C22H36N2O/c1-4-5-6-7-8-10-16-24-17-11-9-15-20(24)22(25)23-21-18(2)13-12-14-19(21)3/h12-14,20H,4-11,15-17H2,1-3H3,(H,23,25). The average molecular weight is 345 g/mol. The number of amides is 1. The molecule has 2 rings (SSSR count). The third-order valence-electron chi connectivity index (χ3n) is 5.44. The monoisotopic (exact) mass is 344 g/mol. The fourth-order valence-electron chi connectivity index (χ4n) is 3.87. The summed E-state index contributed by atoms with van der Waals surface area (Å²) in [5.41, 5.74) is 3.29. The number of likely N-dealkylation sites (tertiary alicyclic amines) is 1. The van der Waals surface area contributed by atoms with Crippen molar-refractivity contribution in [3.63, 3.8) is 0 Å². The van der Waals surface area contributed by atoms with Gasteiger partial charge in [-0.1, -0.05) is 63.6 Å². The molecule has 1 aromatic rings. The number of piperidine rings is 1. The average Bonchev–Trinajstić information content (AvgIpc) is 2.61. The zero-order chi connectivity index (χ0) is 18.1. The van der Waals surface area contributed by atoms with Gasteiger partial charge in [-0.3, -0.25) is 9.69 Å². The summed E-state index contributed by atoms with van der Waals surface area (Å²) < 4.78 is 0. The molecule has 0 aliphatic carbocycles. The summed E-state index contributed by atoms with van der Waals surface area (Å²) in [7, 11) is 0. The molecule has 25 heavy (non-hydrogen) atoms. The summed E-state index contributed by atoms with van der Waals surface area (Å²) in [5.74, 6) is 0.183. The van der Waals surface area contributed by atoms with Gasteiger partial charge in [-0.05, 0) is 57.3 Å². The molecule has 1 unspecified atom stereocenters. The van der Waals surface area contributed by atoms with Gasteiger partial charge in [0, 0.05) is 5.69 Å². The number of nitrogens with one attached hydrogen (secondary N) is 1. The van der Waals surface area contributed by atoms with Crippen LogP contribution in [0.4, 0.5) is 5.69 Å². The summed E-state index contributed by atoms with van der Waals surface area (Å²) in [4.78, 5) is 15.3. The minimum Gasteiger partial charge on any atom is -0.324 e. The Hall–Kier alpha value is -1.35. The number of rotatable bonds is 9. The van der Waals surface area contributed by atoms with Crippen LogP contribution in [0.5, 0.6) is 0 Å². The van der Waals surface area contributed by atoms with Crippen molar-refractivity contribution in [2.45, 2.75) is 84.6 Å². The molecule has 0 radical (unpaired) electrons. The molecule has 0 bridgehead atoms. The van der Waals surface area contributed by atoms with Crippen LogP contribution in [0.15, 0.2) is 18.2 Å². The highest BCUT2D eigenvalue weighted by molar-refractivity contribution is 5.96.